The lowest BCUT2D eigenvalue weighted by atomic mass is 10.0. The average Bonchev–Trinajstić information content (AvgIpc) is 3.32. The Morgan fingerprint density at radius 1 is 0.463 bits per heavy atom. The molecule has 0 radical (unpaired) electrons. The Hall–Kier alpha value is -2.55. The van der Waals surface area contributed by atoms with Gasteiger partial charge in [-0.2, -0.15) is 0 Å². The maximum Gasteiger partial charge on any atom is 0.472 e. The van der Waals surface area contributed by atoms with Crippen molar-refractivity contribution in [2.75, 3.05) is 26.4 Å². The minimum absolute atomic E-state index is 0.0512. The fraction of sp³-hybridized carbons (Fsp3) is 0.754. The SMILES string of the molecule is CC/C=C\C/C=C\C/C=C\C/C=C\C/C=C\C/C=C\CCCCCCCCCCCCC(=O)OC(COC(=O)CCCCCCCCCCCCCCCCCCC)COP(=O)(O)OCCN. The fourth-order valence-corrected chi connectivity index (χ4v) is 8.35. The highest BCUT2D eigenvalue weighted by atomic mass is 31.2. The minimum atomic E-state index is -4.39. The Morgan fingerprint density at radius 3 is 1.22 bits per heavy atom. The highest BCUT2D eigenvalue weighted by Crippen LogP contribution is 2.43. The van der Waals surface area contributed by atoms with Crippen LogP contribution in [-0.2, 0) is 32.7 Å². The Kier molecular flexibility index (Phi) is 50.8. The van der Waals surface area contributed by atoms with E-state index in [0.717, 1.165) is 83.5 Å². The van der Waals surface area contributed by atoms with Crippen molar-refractivity contribution in [3.8, 4) is 0 Å². The van der Waals surface area contributed by atoms with E-state index in [1.165, 1.54) is 128 Å². The number of ether oxygens (including phenoxy) is 2. The highest BCUT2D eigenvalue weighted by molar-refractivity contribution is 7.47. The summed E-state index contributed by atoms with van der Waals surface area (Å²) in [7, 11) is -4.39. The predicted molar refractivity (Wildman–Crippen MR) is 284 cm³/mol. The molecule has 67 heavy (non-hydrogen) atoms. The molecule has 0 amide bonds. The van der Waals surface area contributed by atoms with Gasteiger partial charge in [0.05, 0.1) is 13.2 Å². The maximum atomic E-state index is 12.7. The van der Waals surface area contributed by atoms with Crippen LogP contribution in [0, 0.1) is 0 Å². The number of unbranched alkanes of at least 4 members (excludes halogenated alkanes) is 26. The lowest BCUT2D eigenvalue weighted by Crippen LogP contribution is -2.29. The molecule has 0 bridgehead atoms. The van der Waals surface area contributed by atoms with E-state index in [9.17, 15) is 19.0 Å². The molecule has 0 aliphatic heterocycles. The third-order valence-corrected chi connectivity index (χ3v) is 12.6. The summed E-state index contributed by atoms with van der Waals surface area (Å²) in [6.45, 7) is 3.64. The second-order valence-corrected chi connectivity index (χ2v) is 19.5. The van der Waals surface area contributed by atoms with Gasteiger partial charge in [0.15, 0.2) is 6.10 Å². The summed E-state index contributed by atoms with van der Waals surface area (Å²) in [5.74, 6) is -0.827. The molecule has 0 rings (SSSR count). The molecule has 0 aromatic carbocycles. The zero-order chi connectivity index (χ0) is 48.8. The van der Waals surface area contributed by atoms with Gasteiger partial charge in [0.2, 0.25) is 0 Å². The van der Waals surface area contributed by atoms with E-state index in [4.69, 9.17) is 24.3 Å². The monoisotopic (exact) mass is 960 g/mol. The highest BCUT2D eigenvalue weighted by Gasteiger charge is 2.26. The Bertz CT molecular complexity index is 1320. The number of phosphoric ester groups is 1. The molecule has 2 atom stereocenters. The Morgan fingerprint density at radius 2 is 0.821 bits per heavy atom. The first-order valence-electron chi connectivity index (χ1n) is 27.4. The van der Waals surface area contributed by atoms with E-state index in [-0.39, 0.29) is 38.6 Å². The molecule has 0 saturated carbocycles. The van der Waals surface area contributed by atoms with Crippen molar-refractivity contribution in [2.24, 2.45) is 5.73 Å². The zero-order valence-corrected chi connectivity index (χ0v) is 44.0. The third kappa shape index (κ3) is 52.7. The van der Waals surface area contributed by atoms with Crippen LogP contribution in [-0.4, -0.2) is 49.3 Å². The summed E-state index contributed by atoms with van der Waals surface area (Å²) in [6.07, 6.45) is 66.6. The maximum absolute atomic E-state index is 12.7. The van der Waals surface area contributed by atoms with Crippen molar-refractivity contribution in [3.05, 3.63) is 72.9 Å². The van der Waals surface area contributed by atoms with Crippen LogP contribution < -0.4 is 5.73 Å². The predicted octanol–water partition coefficient (Wildman–Crippen LogP) is 17.0. The van der Waals surface area contributed by atoms with E-state index < -0.39 is 26.5 Å². The summed E-state index contributed by atoms with van der Waals surface area (Å²) in [5.41, 5.74) is 5.37. The number of phosphoric acid groups is 1. The summed E-state index contributed by atoms with van der Waals surface area (Å²) >= 11 is 0. The van der Waals surface area contributed by atoms with Gasteiger partial charge >= 0.3 is 19.8 Å². The lowest BCUT2D eigenvalue weighted by molar-refractivity contribution is -0.161. The normalized spacial score (nSPS) is 13.7. The summed E-state index contributed by atoms with van der Waals surface area (Å²) < 4.78 is 33.0. The first kappa shape index (κ1) is 64.5. The van der Waals surface area contributed by atoms with Crippen molar-refractivity contribution >= 4 is 19.8 Å². The molecule has 0 aromatic heterocycles. The fourth-order valence-electron chi connectivity index (χ4n) is 7.58. The molecule has 2 unspecified atom stereocenters. The number of rotatable bonds is 51. The average molecular weight is 960 g/mol. The molecule has 0 fully saturated rings. The molecule has 3 N–H and O–H groups in total. The number of carbonyl (C=O) groups is 2. The molecule has 0 saturated heterocycles. The molecule has 10 heteroatoms. The number of carbonyl (C=O) groups excluding carboxylic acids is 2. The van der Waals surface area contributed by atoms with Gasteiger partial charge in [-0.1, -0.05) is 241 Å². The van der Waals surface area contributed by atoms with Gasteiger partial charge in [0.25, 0.3) is 0 Å². The van der Waals surface area contributed by atoms with Crippen LogP contribution in [0.2, 0.25) is 0 Å². The quantitative estimate of drug-likeness (QED) is 0.0264. The van der Waals surface area contributed by atoms with E-state index in [1.54, 1.807) is 0 Å². The first-order valence-corrected chi connectivity index (χ1v) is 28.9. The molecule has 9 nitrogen and oxygen atoms in total. The number of hydrogen-bond acceptors (Lipinski definition) is 8. The molecular weight excluding hydrogens is 858 g/mol. The van der Waals surface area contributed by atoms with E-state index >= 15 is 0 Å². The van der Waals surface area contributed by atoms with Gasteiger partial charge < -0.3 is 20.1 Å². The largest absolute Gasteiger partial charge is 0.472 e. The topological polar surface area (TPSA) is 134 Å². The Balaban J connectivity index is 4.01. The van der Waals surface area contributed by atoms with Gasteiger partial charge in [0.1, 0.15) is 6.61 Å². The van der Waals surface area contributed by atoms with Gasteiger partial charge in [-0.15, -0.1) is 0 Å². The van der Waals surface area contributed by atoms with Crippen molar-refractivity contribution in [1.29, 1.82) is 0 Å². The number of allylic oxidation sites excluding steroid dienone is 12. The lowest BCUT2D eigenvalue weighted by Gasteiger charge is -2.19. The molecule has 0 aromatic rings. The second-order valence-electron chi connectivity index (χ2n) is 18.1. The van der Waals surface area contributed by atoms with Crippen molar-refractivity contribution < 1.29 is 37.6 Å². The van der Waals surface area contributed by atoms with E-state index in [2.05, 4.69) is 86.8 Å². The molecule has 0 heterocycles. The number of hydrogen-bond donors (Lipinski definition) is 2. The third-order valence-electron chi connectivity index (χ3n) is 11.6. The number of esters is 2. The Labute approximate surface area is 411 Å². The number of nitrogens with two attached hydrogens (primary N) is 1. The van der Waals surface area contributed by atoms with E-state index in [0.29, 0.717) is 6.42 Å². The molecule has 388 valence electrons. The summed E-state index contributed by atoms with van der Waals surface area (Å²) in [6, 6.07) is 0. The van der Waals surface area contributed by atoms with Gasteiger partial charge in [-0.3, -0.25) is 18.6 Å². The van der Waals surface area contributed by atoms with Crippen LogP contribution in [0.1, 0.15) is 245 Å². The molecule has 0 aliphatic rings. The van der Waals surface area contributed by atoms with Crippen molar-refractivity contribution in [1.82, 2.24) is 0 Å². The molecule has 0 aliphatic carbocycles. The smallest absolute Gasteiger partial charge is 0.462 e. The van der Waals surface area contributed by atoms with Gasteiger partial charge in [-0.05, 0) is 64.2 Å². The minimum Gasteiger partial charge on any atom is -0.462 e. The first-order chi connectivity index (χ1) is 32.8. The molecule has 0 spiro atoms. The molecular formula is C57H102NO8P. The van der Waals surface area contributed by atoms with Crippen LogP contribution in [0.5, 0.6) is 0 Å². The van der Waals surface area contributed by atoms with Gasteiger partial charge in [-0.25, -0.2) is 4.57 Å². The van der Waals surface area contributed by atoms with E-state index in [1.807, 2.05) is 0 Å². The van der Waals surface area contributed by atoms with Crippen LogP contribution in [0.15, 0.2) is 72.9 Å². The van der Waals surface area contributed by atoms with Crippen molar-refractivity contribution in [2.45, 2.75) is 251 Å². The van der Waals surface area contributed by atoms with Crippen LogP contribution in [0.25, 0.3) is 0 Å². The summed E-state index contributed by atoms with van der Waals surface area (Å²) in [4.78, 5) is 35.1. The standard InChI is InChI=1S/C57H102NO8P/c1-3-5-7-9-11-13-15-17-19-21-22-23-24-25-26-27-28-29-30-31-32-34-36-38-40-42-44-46-48-50-57(60)66-55(54-65-67(61,62)64-52-51-58)53-63-56(59)49-47-45-43-41-39-37-35-33-20-18-16-14-12-10-8-6-4-2/h5,7,11,13,17,19,22-23,25-26,28-29,55H,3-4,6,8-10,12,14-16,18,20-21,24,27,30-54,58H2,1-2H3,(H,61,62)/b7-5-,13-11-,19-17-,23-22-,26-25-,29-28-. The van der Waals surface area contributed by atoms with Crippen molar-refractivity contribution in [3.63, 3.8) is 0 Å². The van der Waals surface area contributed by atoms with Crippen LogP contribution in [0.4, 0.5) is 0 Å². The van der Waals surface area contributed by atoms with Crippen LogP contribution in [0.3, 0.4) is 0 Å². The van der Waals surface area contributed by atoms with Crippen LogP contribution >= 0.6 is 7.82 Å². The zero-order valence-electron chi connectivity index (χ0n) is 43.1. The second kappa shape index (κ2) is 52.8. The summed E-state index contributed by atoms with van der Waals surface area (Å²) in [5, 5.41) is 0. The van der Waals surface area contributed by atoms with Gasteiger partial charge in [0, 0.05) is 19.4 Å².